The molecule has 1 aromatic carbocycles. The van der Waals surface area contributed by atoms with Gasteiger partial charge in [-0.2, -0.15) is 0 Å². The van der Waals surface area contributed by atoms with Crippen LogP contribution < -0.4 is 4.74 Å². The fourth-order valence-electron chi connectivity index (χ4n) is 3.85. The minimum Gasteiger partial charge on any atom is -0.493 e. The number of rotatable bonds is 4. The summed E-state index contributed by atoms with van der Waals surface area (Å²) in [6, 6.07) is 9.49. The predicted octanol–water partition coefficient (Wildman–Crippen LogP) is 2.26. The molecular formula is C18H19ClN2O4. The molecule has 1 fully saturated rings. The van der Waals surface area contributed by atoms with Crippen molar-refractivity contribution in [3.63, 3.8) is 0 Å². The third-order valence-corrected chi connectivity index (χ3v) is 5.42. The van der Waals surface area contributed by atoms with E-state index in [-0.39, 0.29) is 18.4 Å². The van der Waals surface area contributed by atoms with Gasteiger partial charge in [0.25, 0.3) is 0 Å². The van der Waals surface area contributed by atoms with Gasteiger partial charge in [-0.25, -0.2) is 0 Å². The predicted molar refractivity (Wildman–Crippen MR) is 90.6 cm³/mol. The summed E-state index contributed by atoms with van der Waals surface area (Å²) in [4.78, 5) is 14.5. The van der Waals surface area contributed by atoms with Crippen LogP contribution in [0.25, 0.3) is 0 Å². The molecule has 3 heterocycles. The summed E-state index contributed by atoms with van der Waals surface area (Å²) in [7, 11) is 0. The molecule has 2 aromatic rings. The summed E-state index contributed by atoms with van der Waals surface area (Å²) in [6.45, 7) is 1.51. The zero-order valence-electron chi connectivity index (χ0n) is 13.7. The molecule has 1 aromatic heterocycles. The van der Waals surface area contributed by atoms with Gasteiger partial charge < -0.3 is 19.3 Å². The van der Waals surface area contributed by atoms with Crippen molar-refractivity contribution < 1.29 is 19.2 Å². The zero-order chi connectivity index (χ0) is 17.4. The Kier molecular flexibility index (Phi) is 4.17. The van der Waals surface area contributed by atoms with Gasteiger partial charge in [0.15, 0.2) is 5.15 Å². The molecule has 6 nitrogen and oxygen atoms in total. The second-order valence-corrected chi connectivity index (χ2v) is 7.18. The van der Waals surface area contributed by atoms with Crippen molar-refractivity contribution in [1.29, 1.82) is 0 Å². The molecule has 2 aliphatic rings. The Hall–Kier alpha value is -2.05. The lowest BCUT2D eigenvalue weighted by molar-refractivity contribution is -0.130. The highest BCUT2D eigenvalue weighted by molar-refractivity contribution is 6.29. The molecule has 0 saturated carbocycles. The number of halogens is 1. The summed E-state index contributed by atoms with van der Waals surface area (Å²) in [5, 5.41) is 13.9. The summed E-state index contributed by atoms with van der Waals surface area (Å²) in [6.07, 6.45) is 0.779. The van der Waals surface area contributed by atoms with Gasteiger partial charge in [-0.1, -0.05) is 35.0 Å². The van der Waals surface area contributed by atoms with Gasteiger partial charge in [-0.15, -0.1) is 0 Å². The Bertz CT molecular complexity index is 793. The Morgan fingerprint density at radius 2 is 2.28 bits per heavy atom. The van der Waals surface area contributed by atoms with Gasteiger partial charge in [-0.05, 0) is 11.6 Å². The van der Waals surface area contributed by atoms with E-state index in [0.29, 0.717) is 43.5 Å². The molecule has 0 radical (unpaired) electrons. The maximum Gasteiger partial charge on any atom is 0.223 e. The van der Waals surface area contributed by atoms with Crippen LogP contribution in [0.3, 0.4) is 0 Å². The summed E-state index contributed by atoms with van der Waals surface area (Å²) >= 11 is 5.73. The lowest BCUT2D eigenvalue weighted by atomic mass is 9.74. The lowest BCUT2D eigenvalue weighted by Crippen LogP contribution is -2.42. The van der Waals surface area contributed by atoms with E-state index in [0.717, 1.165) is 11.3 Å². The molecule has 0 aliphatic carbocycles. The first-order valence-corrected chi connectivity index (χ1v) is 8.70. The molecule has 132 valence electrons. The third kappa shape index (κ3) is 2.89. The van der Waals surface area contributed by atoms with E-state index >= 15 is 0 Å². The lowest BCUT2D eigenvalue weighted by Gasteiger charge is -2.37. The highest BCUT2D eigenvalue weighted by Crippen LogP contribution is 2.49. The molecule has 0 bridgehead atoms. The van der Waals surface area contributed by atoms with Crippen LogP contribution >= 0.6 is 11.6 Å². The van der Waals surface area contributed by atoms with E-state index in [1.54, 1.807) is 6.07 Å². The van der Waals surface area contributed by atoms with E-state index < -0.39 is 5.41 Å². The number of para-hydroxylation sites is 1. The largest absolute Gasteiger partial charge is 0.493 e. The fourth-order valence-corrected chi connectivity index (χ4v) is 4.01. The third-order valence-electron chi connectivity index (χ3n) is 5.24. The van der Waals surface area contributed by atoms with Crippen LogP contribution in [0.4, 0.5) is 0 Å². The quantitative estimate of drug-likeness (QED) is 0.902. The number of benzene rings is 1. The van der Waals surface area contributed by atoms with Crippen molar-refractivity contribution >= 4 is 17.5 Å². The first-order chi connectivity index (χ1) is 12.1. The smallest absolute Gasteiger partial charge is 0.223 e. The Balaban J connectivity index is 1.49. The summed E-state index contributed by atoms with van der Waals surface area (Å²) in [5.41, 5.74) is 0.639. The van der Waals surface area contributed by atoms with Crippen molar-refractivity contribution in [3.05, 3.63) is 46.8 Å². The van der Waals surface area contributed by atoms with Gasteiger partial charge in [0.1, 0.15) is 11.5 Å². The molecule has 1 amide bonds. The molecule has 25 heavy (non-hydrogen) atoms. The van der Waals surface area contributed by atoms with Crippen molar-refractivity contribution in [3.8, 4) is 5.75 Å². The second-order valence-electron chi connectivity index (χ2n) is 6.79. The number of hydrogen-bond donors (Lipinski definition) is 1. The number of amides is 1. The fraction of sp³-hybridized carbons (Fsp3) is 0.444. The van der Waals surface area contributed by atoms with Crippen molar-refractivity contribution in [1.82, 2.24) is 10.1 Å². The maximum atomic E-state index is 12.6. The molecule has 0 spiro atoms. The first kappa shape index (κ1) is 16.4. The number of aliphatic hydroxyl groups excluding tert-OH is 1. The van der Waals surface area contributed by atoms with E-state index in [2.05, 4.69) is 5.16 Å². The zero-order valence-corrected chi connectivity index (χ0v) is 14.4. The number of nitrogens with zero attached hydrogens (tertiary/aromatic N) is 2. The molecular weight excluding hydrogens is 344 g/mol. The highest BCUT2D eigenvalue weighted by atomic mass is 35.5. The van der Waals surface area contributed by atoms with E-state index in [9.17, 15) is 9.90 Å². The number of likely N-dealkylation sites (tertiary alicyclic amines) is 1. The highest BCUT2D eigenvalue weighted by Gasteiger charge is 2.51. The van der Waals surface area contributed by atoms with Crippen LogP contribution in [-0.2, 0) is 11.2 Å². The molecule has 2 aliphatic heterocycles. The van der Waals surface area contributed by atoms with Crippen molar-refractivity contribution in [2.75, 3.05) is 26.3 Å². The van der Waals surface area contributed by atoms with Crippen LogP contribution in [0.15, 0.2) is 34.9 Å². The number of aryl methyl sites for hydroxylation is 1. The monoisotopic (exact) mass is 362 g/mol. The number of aliphatic hydroxyl groups is 1. The normalized spacial score (nSPS) is 24.6. The number of carbonyl (C=O) groups excluding carboxylic acids is 1. The van der Waals surface area contributed by atoms with Gasteiger partial charge in [0, 0.05) is 37.9 Å². The minimum atomic E-state index is -0.431. The number of fused-ring (bicyclic) bond motifs is 3. The molecule has 4 rings (SSSR count). The molecule has 7 heteroatoms. The minimum absolute atomic E-state index is 0.00646. The summed E-state index contributed by atoms with van der Waals surface area (Å²) < 4.78 is 10.9. The standard InChI is InChI=1S/C18H19ClN2O4/c19-16-7-12(25-20-16)5-6-17(23)21-8-14-13-3-1-2-4-15(13)24-11-18(14,9-21)10-22/h1-4,7,14,22H,5-6,8-11H2. The van der Waals surface area contributed by atoms with Crippen LogP contribution in [0.5, 0.6) is 5.75 Å². The van der Waals surface area contributed by atoms with Gasteiger partial charge in [0.2, 0.25) is 5.91 Å². The molecule has 1 N–H and O–H groups in total. The van der Waals surface area contributed by atoms with E-state index in [4.69, 9.17) is 20.9 Å². The molecule has 2 atom stereocenters. The van der Waals surface area contributed by atoms with E-state index in [1.807, 2.05) is 29.2 Å². The number of ether oxygens (including phenoxy) is 1. The van der Waals surface area contributed by atoms with Crippen molar-refractivity contribution in [2.45, 2.75) is 18.8 Å². The van der Waals surface area contributed by atoms with E-state index in [1.165, 1.54) is 0 Å². The molecule has 1 saturated heterocycles. The maximum absolute atomic E-state index is 12.6. The van der Waals surface area contributed by atoms with Crippen LogP contribution in [0.1, 0.15) is 23.7 Å². The van der Waals surface area contributed by atoms with Crippen LogP contribution in [0, 0.1) is 5.41 Å². The summed E-state index contributed by atoms with van der Waals surface area (Å²) in [5.74, 6) is 1.57. The van der Waals surface area contributed by atoms with Crippen LogP contribution in [-0.4, -0.2) is 47.4 Å². The number of hydrogen-bond acceptors (Lipinski definition) is 5. The topological polar surface area (TPSA) is 75.8 Å². The first-order valence-electron chi connectivity index (χ1n) is 8.33. The number of carbonyl (C=O) groups is 1. The average molecular weight is 363 g/mol. The van der Waals surface area contributed by atoms with Gasteiger partial charge in [-0.3, -0.25) is 4.79 Å². The molecule has 2 unspecified atom stereocenters. The Morgan fingerprint density at radius 1 is 1.44 bits per heavy atom. The Morgan fingerprint density at radius 3 is 3.04 bits per heavy atom. The Labute approximate surface area is 150 Å². The number of aromatic nitrogens is 1. The van der Waals surface area contributed by atoms with Gasteiger partial charge >= 0.3 is 0 Å². The van der Waals surface area contributed by atoms with Crippen molar-refractivity contribution in [2.24, 2.45) is 5.41 Å². The van der Waals surface area contributed by atoms with Crippen LogP contribution in [0.2, 0.25) is 5.15 Å². The SMILES string of the molecule is O=C(CCc1cc(Cl)no1)N1CC2c3ccccc3OCC2(CO)C1. The second kappa shape index (κ2) is 6.35. The van der Waals surface area contributed by atoms with Gasteiger partial charge in [0.05, 0.1) is 18.6 Å². The average Bonchev–Trinajstić information content (AvgIpc) is 3.23.